The second-order valence-electron chi connectivity index (χ2n) is 3.86. The monoisotopic (exact) mass is 228 g/mol. The zero-order valence-corrected chi connectivity index (χ0v) is 9.47. The lowest BCUT2D eigenvalue weighted by atomic mass is 10.2. The highest BCUT2D eigenvalue weighted by molar-refractivity contribution is 5.81. The van der Waals surface area contributed by atoms with Crippen LogP contribution in [0.25, 0.3) is 0 Å². The van der Waals surface area contributed by atoms with Crippen molar-refractivity contribution in [3.05, 3.63) is 12.7 Å². The quantitative estimate of drug-likeness (QED) is 0.601. The second kappa shape index (κ2) is 6.62. The number of rotatable bonds is 6. The minimum atomic E-state index is -0.403. The molecule has 0 aromatic rings. The molecule has 0 aromatic heterocycles. The largest absolute Gasteiger partial charge is 0.395 e. The molecule has 0 bridgehead atoms. The standard InChI is InChI=1S/C11H20N2O3/c1-2-5-13(6-7-14)11(15)10-4-3-9(8-12)16-10/h2,9-10,14H,1,3-8,12H2. The Kier molecular flexibility index (Phi) is 5.45. The second-order valence-corrected chi connectivity index (χ2v) is 3.86. The van der Waals surface area contributed by atoms with E-state index in [1.165, 1.54) is 0 Å². The van der Waals surface area contributed by atoms with Gasteiger partial charge in [-0.1, -0.05) is 6.08 Å². The van der Waals surface area contributed by atoms with E-state index in [0.717, 1.165) is 6.42 Å². The number of carbonyl (C=O) groups is 1. The number of carbonyl (C=O) groups excluding carboxylic acids is 1. The van der Waals surface area contributed by atoms with Crippen LogP contribution in [0.3, 0.4) is 0 Å². The van der Waals surface area contributed by atoms with E-state index in [9.17, 15) is 4.79 Å². The van der Waals surface area contributed by atoms with E-state index in [2.05, 4.69) is 6.58 Å². The van der Waals surface area contributed by atoms with Crippen molar-refractivity contribution in [3.8, 4) is 0 Å². The highest BCUT2D eigenvalue weighted by atomic mass is 16.5. The van der Waals surface area contributed by atoms with Crippen LogP contribution < -0.4 is 5.73 Å². The van der Waals surface area contributed by atoms with Crippen LogP contribution >= 0.6 is 0 Å². The Morgan fingerprint density at radius 3 is 2.88 bits per heavy atom. The summed E-state index contributed by atoms with van der Waals surface area (Å²) in [6.07, 6.45) is 2.77. The molecule has 16 heavy (non-hydrogen) atoms. The van der Waals surface area contributed by atoms with E-state index in [1.807, 2.05) is 0 Å². The smallest absolute Gasteiger partial charge is 0.252 e. The summed E-state index contributed by atoms with van der Waals surface area (Å²) in [6, 6.07) is 0. The maximum atomic E-state index is 12.0. The molecular formula is C11H20N2O3. The van der Waals surface area contributed by atoms with Gasteiger partial charge in [-0.25, -0.2) is 0 Å². The van der Waals surface area contributed by atoms with Gasteiger partial charge in [-0.2, -0.15) is 0 Å². The molecule has 0 spiro atoms. The van der Waals surface area contributed by atoms with E-state index in [4.69, 9.17) is 15.6 Å². The molecule has 1 fully saturated rings. The molecule has 0 aliphatic carbocycles. The zero-order valence-electron chi connectivity index (χ0n) is 9.47. The van der Waals surface area contributed by atoms with Crippen LogP contribution in [0.5, 0.6) is 0 Å². The Morgan fingerprint density at radius 2 is 2.38 bits per heavy atom. The molecule has 2 unspecified atom stereocenters. The minimum absolute atomic E-state index is 0.00587. The van der Waals surface area contributed by atoms with Gasteiger partial charge in [-0.15, -0.1) is 6.58 Å². The van der Waals surface area contributed by atoms with Gasteiger partial charge in [0.1, 0.15) is 6.10 Å². The molecule has 1 aliphatic heterocycles. The Morgan fingerprint density at radius 1 is 1.62 bits per heavy atom. The van der Waals surface area contributed by atoms with Crippen LogP contribution in [0.4, 0.5) is 0 Å². The first-order valence-corrected chi connectivity index (χ1v) is 5.59. The number of nitrogens with zero attached hydrogens (tertiary/aromatic N) is 1. The predicted octanol–water partition coefficient (Wildman–Crippen LogP) is -0.500. The van der Waals surface area contributed by atoms with Crippen molar-refractivity contribution in [2.45, 2.75) is 25.0 Å². The van der Waals surface area contributed by atoms with E-state index >= 15 is 0 Å². The van der Waals surface area contributed by atoms with Gasteiger partial charge < -0.3 is 20.5 Å². The Hall–Kier alpha value is -0.910. The Balaban J connectivity index is 2.50. The van der Waals surface area contributed by atoms with Crippen LogP contribution in [-0.2, 0) is 9.53 Å². The third-order valence-corrected chi connectivity index (χ3v) is 2.68. The third-order valence-electron chi connectivity index (χ3n) is 2.68. The van der Waals surface area contributed by atoms with Crippen LogP contribution in [-0.4, -0.2) is 54.4 Å². The van der Waals surface area contributed by atoms with E-state index in [-0.39, 0.29) is 18.6 Å². The summed E-state index contributed by atoms with van der Waals surface area (Å²) >= 11 is 0. The maximum Gasteiger partial charge on any atom is 0.252 e. The van der Waals surface area contributed by atoms with E-state index in [1.54, 1.807) is 11.0 Å². The molecular weight excluding hydrogens is 208 g/mol. The summed E-state index contributed by atoms with van der Waals surface area (Å²) in [7, 11) is 0. The van der Waals surface area contributed by atoms with Crippen LogP contribution in [0, 0.1) is 0 Å². The summed E-state index contributed by atoms with van der Waals surface area (Å²) < 4.78 is 5.51. The van der Waals surface area contributed by atoms with Gasteiger partial charge in [-0.3, -0.25) is 4.79 Å². The van der Waals surface area contributed by atoms with Gasteiger partial charge in [0.15, 0.2) is 0 Å². The van der Waals surface area contributed by atoms with Crippen molar-refractivity contribution in [3.63, 3.8) is 0 Å². The molecule has 3 N–H and O–H groups in total. The number of amides is 1. The van der Waals surface area contributed by atoms with Gasteiger partial charge in [0.05, 0.1) is 12.7 Å². The Labute approximate surface area is 95.9 Å². The van der Waals surface area contributed by atoms with Crippen LogP contribution in [0.15, 0.2) is 12.7 Å². The molecule has 1 saturated heterocycles. The number of ether oxygens (including phenoxy) is 1. The fraction of sp³-hybridized carbons (Fsp3) is 0.727. The minimum Gasteiger partial charge on any atom is -0.395 e. The van der Waals surface area contributed by atoms with Crippen molar-refractivity contribution in [1.29, 1.82) is 0 Å². The molecule has 0 saturated carbocycles. The lowest BCUT2D eigenvalue weighted by Gasteiger charge is -2.23. The van der Waals surface area contributed by atoms with Gasteiger partial charge in [0.25, 0.3) is 5.91 Å². The first-order valence-electron chi connectivity index (χ1n) is 5.59. The topological polar surface area (TPSA) is 75.8 Å². The van der Waals surface area contributed by atoms with Crippen molar-refractivity contribution in [1.82, 2.24) is 4.90 Å². The molecule has 1 aliphatic rings. The highest BCUT2D eigenvalue weighted by Gasteiger charge is 2.32. The average Bonchev–Trinajstić information content (AvgIpc) is 2.76. The van der Waals surface area contributed by atoms with Crippen molar-refractivity contribution >= 4 is 5.91 Å². The van der Waals surface area contributed by atoms with Crippen LogP contribution in [0.2, 0.25) is 0 Å². The maximum absolute atomic E-state index is 12.0. The first-order chi connectivity index (χ1) is 7.72. The zero-order chi connectivity index (χ0) is 12.0. The molecule has 1 amide bonds. The highest BCUT2D eigenvalue weighted by Crippen LogP contribution is 2.20. The molecule has 1 heterocycles. The fourth-order valence-corrected chi connectivity index (χ4v) is 1.83. The number of nitrogens with two attached hydrogens (primary N) is 1. The molecule has 5 heteroatoms. The van der Waals surface area contributed by atoms with Gasteiger partial charge in [0, 0.05) is 19.6 Å². The summed E-state index contributed by atoms with van der Waals surface area (Å²) in [5.74, 6) is -0.0788. The molecule has 1 rings (SSSR count). The number of aliphatic hydroxyl groups excluding tert-OH is 1. The van der Waals surface area contributed by atoms with Gasteiger partial charge in [0.2, 0.25) is 0 Å². The van der Waals surface area contributed by atoms with Gasteiger partial charge in [-0.05, 0) is 12.8 Å². The molecule has 92 valence electrons. The van der Waals surface area contributed by atoms with E-state index in [0.29, 0.717) is 26.1 Å². The Bertz CT molecular complexity index is 245. The lowest BCUT2D eigenvalue weighted by molar-refractivity contribution is -0.142. The van der Waals surface area contributed by atoms with Crippen molar-refractivity contribution in [2.75, 3.05) is 26.2 Å². The lowest BCUT2D eigenvalue weighted by Crippen LogP contribution is -2.41. The summed E-state index contributed by atoms with van der Waals surface area (Å²) in [6.45, 7) is 4.74. The van der Waals surface area contributed by atoms with Gasteiger partial charge >= 0.3 is 0 Å². The summed E-state index contributed by atoms with van der Waals surface area (Å²) in [5.41, 5.74) is 5.48. The number of aliphatic hydroxyl groups is 1. The van der Waals surface area contributed by atoms with E-state index < -0.39 is 6.10 Å². The summed E-state index contributed by atoms with van der Waals surface area (Å²) in [5, 5.41) is 8.86. The first kappa shape index (κ1) is 13.2. The number of hydrogen-bond donors (Lipinski definition) is 2. The van der Waals surface area contributed by atoms with Crippen LogP contribution in [0.1, 0.15) is 12.8 Å². The molecule has 5 nitrogen and oxygen atoms in total. The average molecular weight is 228 g/mol. The number of hydrogen-bond acceptors (Lipinski definition) is 4. The summed E-state index contributed by atoms with van der Waals surface area (Å²) in [4.78, 5) is 13.5. The third kappa shape index (κ3) is 3.30. The fourth-order valence-electron chi connectivity index (χ4n) is 1.83. The molecule has 0 aromatic carbocycles. The molecule has 0 radical (unpaired) electrons. The molecule has 2 atom stereocenters. The van der Waals surface area contributed by atoms with Crippen molar-refractivity contribution < 1.29 is 14.6 Å². The normalized spacial score (nSPS) is 24.4. The predicted molar refractivity (Wildman–Crippen MR) is 60.8 cm³/mol. The SMILES string of the molecule is C=CCN(CCO)C(=O)C1CCC(CN)O1. The van der Waals surface area contributed by atoms with Crippen molar-refractivity contribution in [2.24, 2.45) is 5.73 Å².